The Hall–Kier alpha value is -1.49. The van der Waals surface area contributed by atoms with Gasteiger partial charge in [-0.25, -0.2) is 4.98 Å². The number of thiazole rings is 1. The normalized spacial score (nSPS) is 13.5. The van der Waals surface area contributed by atoms with Crippen LogP contribution in [0.2, 0.25) is 19.6 Å². The van der Waals surface area contributed by atoms with Crippen LogP contribution in [0.15, 0.2) is 54.6 Å². The minimum Gasteiger partial charge on any atom is -0.404 e. The highest BCUT2D eigenvalue weighted by atomic mass is 32.1. The summed E-state index contributed by atoms with van der Waals surface area (Å²) in [5.41, 5.74) is 2.23. The first-order valence-electron chi connectivity index (χ1n) is 7.11. The second-order valence-corrected chi connectivity index (χ2v) is 11.6. The average molecular weight is 313 g/mol. The van der Waals surface area contributed by atoms with Gasteiger partial charge in [0.1, 0.15) is 11.1 Å². The summed E-state index contributed by atoms with van der Waals surface area (Å²) in [7, 11) is -1.67. The monoisotopic (exact) mass is 313 g/mol. The van der Waals surface area contributed by atoms with Crippen LogP contribution in [0.1, 0.15) is 16.7 Å². The lowest BCUT2D eigenvalue weighted by Crippen LogP contribution is -2.28. The molecule has 4 heteroatoms. The molecule has 108 valence electrons. The maximum absolute atomic E-state index is 6.43. The number of benzene rings is 2. The van der Waals surface area contributed by atoms with Gasteiger partial charge in [-0.2, -0.15) is 0 Å². The molecule has 0 saturated heterocycles. The van der Waals surface area contributed by atoms with Crippen molar-refractivity contribution in [2.24, 2.45) is 0 Å². The van der Waals surface area contributed by atoms with E-state index in [2.05, 4.69) is 62.1 Å². The fourth-order valence-electron chi connectivity index (χ4n) is 2.24. The number of aromatic nitrogens is 1. The van der Waals surface area contributed by atoms with Crippen molar-refractivity contribution in [3.05, 3.63) is 65.2 Å². The smallest absolute Gasteiger partial charge is 0.185 e. The van der Waals surface area contributed by atoms with Gasteiger partial charge in [-0.05, 0) is 37.3 Å². The van der Waals surface area contributed by atoms with E-state index in [1.165, 1.54) is 10.3 Å². The SMILES string of the molecule is C[Si](C)(C)OC(c1ccccc1)c1nc2ccccc2s1. The van der Waals surface area contributed by atoms with Crippen LogP contribution in [-0.2, 0) is 4.43 Å². The van der Waals surface area contributed by atoms with Crippen LogP contribution in [0.3, 0.4) is 0 Å². The maximum Gasteiger partial charge on any atom is 0.185 e. The highest BCUT2D eigenvalue weighted by Crippen LogP contribution is 2.34. The Morgan fingerprint density at radius 2 is 1.62 bits per heavy atom. The van der Waals surface area contributed by atoms with Gasteiger partial charge in [-0.3, -0.25) is 0 Å². The zero-order valence-corrected chi connectivity index (χ0v) is 14.4. The fourth-order valence-corrected chi connectivity index (χ4v) is 4.31. The van der Waals surface area contributed by atoms with E-state index in [1.54, 1.807) is 11.3 Å². The molecule has 0 spiro atoms. The molecule has 0 N–H and O–H groups in total. The Kier molecular flexibility index (Phi) is 3.93. The molecule has 0 aliphatic rings. The highest BCUT2D eigenvalue weighted by Gasteiger charge is 2.26. The molecule has 1 aromatic heterocycles. The van der Waals surface area contributed by atoms with Crippen molar-refractivity contribution in [1.82, 2.24) is 4.98 Å². The quantitative estimate of drug-likeness (QED) is 0.615. The zero-order chi connectivity index (χ0) is 14.9. The Labute approximate surface area is 130 Å². The van der Waals surface area contributed by atoms with Crippen molar-refractivity contribution in [3.8, 4) is 0 Å². The third kappa shape index (κ3) is 3.40. The van der Waals surface area contributed by atoms with Crippen molar-refractivity contribution >= 4 is 29.9 Å². The molecule has 3 aromatic rings. The maximum atomic E-state index is 6.43. The number of hydrogen-bond donors (Lipinski definition) is 0. The van der Waals surface area contributed by atoms with Crippen LogP contribution in [0, 0.1) is 0 Å². The second kappa shape index (κ2) is 5.71. The number of rotatable bonds is 4. The fraction of sp³-hybridized carbons (Fsp3) is 0.235. The molecule has 0 amide bonds. The molecular weight excluding hydrogens is 294 g/mol. The van der Waals surface area contributed by atoms with Crippen molar-refractivity contribution < 1.29 is 4.43 Å². The van der Waals surface area contributed by atoms with E-state index in [9.17, 15) is 0 Å². The number of hydrogen-bond acceptors (Lipinski definition) is 3. The van der Waals surface area contributed by atoms with Crippen LogP contribution in [0.4, 0.5) is 0 Å². The number of fused-ring (bicyclic) bond motifs is 1. The molecule has 2 nitrogen and oxygen atoms in total. The first-order valence-corrected chi connectivity index (χ1v) is 11.3. The van der Waals surface area contributed by atoms with E-state index in [0.717, 1.165) is 10.5 Å². The molecule has 2 aromatic carbocycles. The molecule has 0 fully saturated rings. The summed E-state index contributed by atoms with van der Waals surface area (Å²) in [5.74, 6) is 0. The van der Waals surface area contributed by atoms with Gasteiger partial charge in [0.15, 0.2) is 8.32 Å². The van der Waals surface area contributed by atoms with E-state index < -0.39 is 8.32 Å². The molecule has 1 atom stereocenters. The summed E-state index contributed by atoms with van der Waals surface area (Å²) < 4.78 is 7.64. The van der Waals surface area contributed by atoms with Crippen molar-refractivity contribution in [2.75, 3.05) is 0 Å². The molecule has 1 heterocycles. The summed E-state index contributed by atoms with van der Waals surface area (Å²) >= 11 is 1.73. The minimum absolute atomic E-state index is 0.0599. The Bertz CT molecular complexity index is 700. The third-order valence-corrected chi connectivity index (χ3v) is 5.13. The first kappa shape index (κ1) is 14.4. The van der Waals surface area contributed by atoms with Crippen LogP contribution < -0.4 is 0 Å². The molecule has 0 saturated carbocycles. The van der Waals surface area contributed by atoms with Gasteiger partial charge >= 0.3 is 0 Å². The van der Waals surface area contributed by atoms with E-state index in [0.29, 0.717) is 0 Å². The van der Waals surface area contributed by atoms with Gasteiger partial charge in [-0.15, -0.1) is 11.3 Å². The van der Waals surface area contributed by atoms with Gasteiger partial charge in [0.2, 0.25) is 0 Å². The molecular formula is C17H19NOSSi. The van der Waals surface area contributed by atoms with Crippen molar-refractivity contribution in [3.63, 3.8) is 0 Å². The first-order chi connectivity index (χ1) is 10.0. The third-order valence-electron chi connectivity index (χ3n) is 3.11. The second-order valence-electron chi connectivity index (χ2n) is 6.04. The highest BCUT2D eigenvalue weighted by molar-refractivity contribution is 7.18. The van der Waals surface area contributed by atoms with Crippen LogP contribution in [-0.4, -0.2) is 13.3 Å². The lowest BCUT2D eigenvalue weighted by molar-refractivity contribution is 0.239. The standard InChI is InChI=1S/C17H19NOSSi/c1-21(2,3)19-16(13-9-5-4-6-10-13)17-18-14-11-7-8-12-15(14)20-17/h4-12,16H,1-3H3. The molecule has 0 aliphatic carbocycles. The Morgan fingerprint density at radius 1 is 0.952 bits per heavy atom. The summed E-state index contributed by atoms with van der Waals surface area (Å²) in [6, 6.07) is 18.7. The van der Waals surface area contributed by atoms with E-state index in [1.807, 2.05) is 12.1 Å². The van der Waals surface area contributed by atoms with Crippen LogP contribution in [0.25, 0.3) is 10.2 Å². The molecule has 0 radical (unpaired) electrons. The van der Waals surface area contributed by atoms with Crippen LogP contribution in [0.5, 0.6) is 0 Å². The molecule has 21 heavy (non-hydrogen) atoms. The molecule has 1 unspecified atom stereocenters. The minimum atomic E-state index is -1.67. The summed E-state index contributed by atoms with van der Waals surface area (Å²) in [6.45, 7) is 6.66. The zero-order valence-electron chi connectivity index (χ0n) is 12.5. The van der Waals surface area contributed by atoms with Gasteiger partial charge in [0, 0.05) is 0 Å². The predicted molar refractivity (Wildman–Crippen MR) is 92.3 cm³/mol. The summed E-state index contributed by atoms with van der Waals surface area (Å²) in [5, 5.41) is 1.05. The Morgan fingerprint density at radius 3 is 2.29 bits per heavy atom. The lowest BCUT2D eigenvalue weighted by Gasteiger charge is -2.25. The van der Waals surface area contributed by atoms with Gasteiger partial charge in [-0.1, -0.05) is 42.5 Å². The van der Waals surface area contributed by atoms with E-state index >= 15 is 0 Å². The van der Waals surface area contributed by atoms with Gasteiger partial charge in [0.25, 0.3) is 0 Å². The van der Waals surface area contributed by atoms with E-state index in [4.69, 9.17) is 9.41 Å². The lowest BCUT2D eigenvalue weighted by atomic mass is 10.1. The van der Waals surface area contributed by atoms with E-state index in [-0.39, 0.29) is 6.10 Å². The molecule has 0 bridgehead atoms. The average Bonchev–Trinajstić information content (AvgIpc) is 2.88. The predicted octanol–water partition coefficient (Wildman–Crippen LogP) is 5.24. The summed E-state index contributed by atoms with van der Waals surface area (Å²) in [6.07, 6.45) is -0.0599. The Balaban J connectivity index is 2.06. The molecule has 3 rings (SSSR count). The largest absolute Gasteiger partial charge is 0.404 e. The number of nitrogens with zero attached hydrogens (tertiary/aromatic N) is 1. The summed E-state index contributed by atoms with van der Waals surface area (Å²) in [4.78, 5) is 4.79. The molecule has 0 aliphatic heterocycles. The van der Waals surface area contributed by atoms with Crippen molar-refractivity contribution in [2.45, 2.75) is 25.7 Å². The van der Waals surface area contributed by atoms with Crippen LogP contribution >= 0.6 is 11.3 Å². The van der Waals surface area contributed by atoms with Gasteiger partial charge < -0.3 is 4.43 Å². The topological polar surface area (TPSA) is 22.1 Å². The van der Waals surface area contributed by atoms with Gasteiger partial charge in [0.05, 0.1) is 10.2 Å². The van der Waals surface area contributed by atoms with Crippen molar-refractivity contribution in [1.29, 1.82) is 0 Å². The number of para-hydroxylation sites is 1.